The summed E-state index contributed by atoms with van der Waals surface area (Å²) in [5.41, 5.74) is 1.35. The molecule has 1 saturated heterocycles. The smallest absolute Gasteiger partial charge is 0.119 e. The standard InChI is InChI=1S/C18H30N2O/c1-4-11-19-15(2)18-10-5-6-12-20(18)14-16-8-7-9-17(13-16)21-3/h7-9,13,15,18-19H,4-6,10-12,14H2,1-3H3. The van der Waals surface area contributed by atoms with Crippen molar-refractivity contribution >= 4 is 0 Å². The molecule has 1 N–H and O–H groups in total. The average Bonchev–Trinajstić information content (AvgIpc) is 2.53. The zero-order valence-electron chi connectivity index (χ0n) is 13.8. The Hall–Kier alpha value is -1.06. The monoisotopic (exact) mass is 290 g/mol. The first-order valence-corrected chi connectivity index (χ1v) is 8.35. The molecule has 1 aromatic carbocycles. The molecule has 21 heavy (non-hydrogen) atoms. The SMILES string of the molecule is CCCNC(C)C1CCCCN1Cc1cccc(OC)c1. The van der Waals surface area contributed by atoms with E-state index in [1.165, 1.54) is 37.8 Å². The van der Waals surface area contributed by atoms with Crippen LogP contribution in [0.3, 0.4) is 0 Å². The maximum absolute atomic E-state index is 5.34. The number of piperidine rings is 1. The molecule has 0 radical (unpaired) electrons. The molecule has 1 aliphatic rings. The van der Waals surface area contributed by atoms with Crippen molar-refractivity contribution in [1.29, 1.82) is 0 Å². The minimum Gasteiger partial charge on any atom is -0.497 e. The van der Waals surface area contributed by atoms with Gasteiger partial charge in [0.2, 0.25) is 0 Å². The Kier molecular flexibility index (Phi) is 6.52. The second kappa shape index (κ2) is 8.40. The first-order valence-electron chi connectivity index (χ1n) is 8.35. The second-order valence-electron chi connectivity index (χ2n) is 6.13. The predicted octanol–water partition coefficient (Wildman–Crippen LogP) is 3.44. The molecule has 2 atom stereocenters. The van der Waals surface area contributed by atoms with Crippen LogP contribution in [-0.2, 0) is 6.54 Å². The molecule has 1 aromatic rings. The number of hydrogen-bond donors (Lipinski definition) is 1. The molecule has 1 heterocycles. The van der Waals surface area contributed by atoms with E-state index in [0.29, 0.717) is 12.1 Å². The van der Waals surface area contributed by atoms with Gasteiger partial charge in [-0.1, -0.05) is 25.5 Å². The lowest BCUT2D eigenvalue weighted by molar-refractivity contribution is 0.111. The Morgan fingerprint density at radius 3 is 3.00 bits per heavy atom. The summed E-state index contributed by atoms with van der Waals surface area (Å²) in [6, 6.07) is 9.69. The third-order valence-electron chi connectivity index (χ3n) is 4.48. The molecule has 0 amide bonds. The molecule has 118 valence electrons. The molecular weight excluding hydrogens is 260 g/mol. The average molecular weight is 290 g/mol. The second-order valence-corrected chi connectivity index (χ2v) is 6.13. The fourth-order valence-electron chi connectivity index (χ4n) is 3.29. The van der Waals surface area contributed by atoms with Crippen molar-refractivity contribution in [2.75, 3.05) is 20.2 Å². The van der Waals surface area contributed by atoms with E-state index in [1.54, 1.807) is 7.11 Å². The quantitative estimate of drug-likeness (QED) is 0.832. The van der Waals surface area contributed by atoms with Crippen molar-refractivity contribution in [3.8, 4) is 5.75 Å². The lowest BCUT2D eigenvalue weighted by Gasteiger charge is -2.39. The van der Waals surface area contributed by atoms with Crippen molar-refractivity contribution in [2.45, 2.75) is 58.2 Å². The number of ether oxygens (including phenoxy) is 1. The minimum absolute atomic E-state index is 0.566. The number of benzene rings is 1. The van der Waals surface area contributed by atoms with Gasteiger partial charge in [-0.15, -0.1) is 0 Å². The summed E-state index contributed by atoms with van der Waals surface area (Å²) in [5.74, 6) is 0.957. The van der Waals surface area contributed by atoms with Crippen LogP contribution < -0.4 is 10.1 Å². The largest absolute Gasteiger partial charge is 0.497 e. The van der Waals surface area contributed by atoms with Crippen LogP contribution in [0, 0.1) is 0 Å². The van der Waals surface area contributed by atoms with Gasteiger partial charge in [-0.2, -0.15) is 0 Å². The maximum Gasteiger partial charge on any atom is 0.119 e. The fraction of sp³-hybridized carbons (Fsp3) is 0.667. The van der Waals surface area contributed by atoms with E-state index in [2.05, 4.69) is 42.3 Å². The molecule has 0 aliphatic carbocycles. The van der Waals surface area contributed by atoms with Crippen molar-refractivity contribution < 1.29 is 4.74 Å². The molecule has 0 aromatic heterocycles. The minimum atomic E-state index is 0.566. The van der Waals surface area contributed by atoms with Crippen molar-refractivity contribution in [2.24, 2.45) is 0 Å². The maximum atomic E-state index is 5.34. The highest BCUT2D eigenvalue weighted by Gasteiger charge is 2.26. The number of nitrogens with zero attached hydrogens (tertiary/aromatic N) is 1. The Morgan fingerprint density at radius 1 is 1.38 bits per heavy atom. The molecule has 0 bridgehead atoms. The van der Waals surface area contributed by atoms with E-state index in [4.69, 9.17) is 4.74 Å². The third kappa shape index (κ3) is 4.72. The summed E-state index contributed by atoms with van der Waals surface area (Å²) < 4.78 is 5.34. The van der Waals surface area contributed by atoms with Gasteiger partial charge in [0.25, 0.3) is 0 Å². The van der Waals surface area contributed by atoms with E-state index in [1.807, 2.05) is 6.07 Å². The number of methoxy groups -OCH3 is 1. The van der Waals surface area contributed by atoms with Gasteiger partial charge < -0.3 is 10.1 Å². The lowest BCUT2D eigenvalue weighted by Crippen LogP contribution is -2.50. The lowest BCUT2D eigenvalue weighted by atomic mass is 9.95. The van der Waals surface area contributed by atoms with Gasteiger partial charge in [0.15, 0.2) is 0 Å². The van der Waals surface area contributed by atoms with Crippen LogP contribution in [0.4, 0.5) is 0 Å². The Labute approximate surface area is 129 Å². The Bertz CT molecular complexity index is 421. The van der Waals surface area contributed by atoms with E-state index in [9.17, 15) is 0 Å². The number of hydrogen-bond acceptors (Lipinski definition) is 3. The topological polar surface area (TPSA) is 24.5 Å². The number of rotatable bonds is 7. The van der Waals surface area contributed by atoms with Crippen LogP contribution in [0.5, 0.6) is 5.75 Å². The highest BCUT2D eigenvalue weighted by molar-refractivity contribution is 5.28. The highest BCUT2D eigenvalue weighted by Crippen LogP contribution is 2.23. The summed E-state index contributed by atoms with van der Waals surface area (Å²) in [6.45, 7) is 7.92. The van der Waals surface area contributed by atoms with Gasteiger partial charge in [-0.05, 0) is 57.0 Å². The van der Waals surface area contributed by atoms with Crippen LogP contribution in [0.25, 0.3) is 0 Å². The zero-order chi connectivity index (χ0) is 15.1. The Morgan fingerprint density at radius 2 is 2.24 bits per heavy atom. The molecule has 3 heteroatoms. The van der Waals surface area contributed by atoms with Gasteiger partial charge in [0.05, 0.1) is 7.11 Å². The molecule has 1 fully saturated rings. The normalized spacial score (nSPS) is 21.2. The summed E-state index contributed by atoms with van der Waals surface area (Å²) >= 11 is 0. The molecular formula is C18H30N2O. The van der Waals surface area contributed by atoms with Gasteiger partial charge >= 0.3 is 0 Å². The van der Waals surface area contributed by atoms with E-state index < -0.39 is 0 Å². The highest BCUT2D eigenvalue weighted by atomic mass is 16.5. The van der Waals surface area contributed by atoms with Crippen LogP contribution >= 0.6 is 0 Å². The van der Waals surface area contributed by atoms with Gasteiger partial charge in [0.1, 0.15) is 5.75 Å². The summed E-state index contributed by atoms with van der Waals surface area (Å²) in [6.07, 6.45) is 5.19. The van der Waals surface area contributed by atoms with Gasteiger partial charge in [0, 0.05) is 18.6 Å². The van der Waals surface area contributed by atoms with Crippen molar-refractivity contribution in [3.05, 3.63) is 29.8 Å². The number of nitrogens with one attached hydrogen (secondary N) is 1. The van der Waals surface area contributed by atoms with E-state index >= 15 is 0 Å². The predicted molar refractivity (Wildman–Crippen MR) is 88.8 cm³/mol. The molecule has 1 aliphatic heterocycles. The first kappa shape index (κ1) is 16.3. The van der Waals surface area contributed by atoms with Crippen LogP contribution in [-0.4, -0.2) is 37.2 Å². The fourth-order valence-corrected chi connectivity index (χ4v) is 3.29. The summed E-state index contributed by atoms with van der Waals surface area (Å²) in [4.78, 5) is 2.64. The molecule has 0 spiro atoms. The van der Waals surface area contributed by atoms with E-state index in [-0.39, 0.29) is 0 Å². The number of likely N-dealkylation sites (tertiary alicyclic amines) is 1. The molecule has 2 unspecified atom stereocenters. The van der Waals surface area contributed by atoms with Gasteiger partial charge in [-0.25, -0.2) is 0 Å². The summed E-state index contributed by atoms with van der Waals surface area (Å²) in [5, 5.41) is 3.67. The van der Waals surface area contributed by atoms with Crippen LogP contribution in [0.2, 0.25) is 0 Å². The summed E-state index contributed by atoms with van der Waals surface area (Å²) in [7, 11) is 1.74. The van der Waals surface area contributed by atoms with Crippen LogP contribution in [0.15, 0.2) is 24.3 Å². The van der Waals surface area contributed by atoms with Crippen molar-refractivity contribution in [3.63, 3.8) is 0 Å². The van der Waals surface area contributed by atoms with Crippen molar-refractivity contribution in [1.82, 2.24) is 10.2 Å². The molecule has 3 nitrogen and oxygen atoms in total. The van der Waals surface area contributed by atoms with E-state index in [0.717, 1.165) is 18.8 Å². The van der Waals surface area contributed by atoms with Gasteiger partial charge in [-0.3, -0.25) is 4.90 Å². The first-order chi connectivity index (χ1) is 10.2. The third-order valence-corrected chi connectivity index (χ3v) is 4.48. The molecule has 2 rings (SSSR count). The van der Waals surface area contributed by atoms with Crippen LogP contribution in [0.1, 0.15) is 45.1 Å². The zero-order valence-corrected chi connectivity index (χ0v) is 13.8. The molecule has 0 saturated carbocycles. The Balaban J connectivity index is 2.00.